The molecule has 2 aromatic heterocycles. The fraction of sp³-hybridized carbons (Fsp3) is 0.219. The lowest BCUT2D eigenvalue weighted by molar-refractivity contribution is -0.123. The van der Waals surface area contributed by atoms with Crippen molar-refractivity contribution in [1.29, 1.82) is 5.26 Å². The summed E-state index contributed by atoms with van der Waals surface area (Å²) >= 11 is 0. The molecule has 1 saturated heterocycles. The molecule has 6 bridgehead atoms. The molecule has 7 rings (SSSR count). The van der Waals surface area contributed by atoms with Gasteiger partial charge in [-0.2, -0.15) is 5.26 Å². The quantitative estimate of drug-likeness (QED) is 0.362. The minimum Gasteiger partial charge on any atom is -0.488 e. The first-order valence-electron chi connectivity index (χ1n) is 13.7. The number of hydrogen-bond acceptors (Lipinski definition) is 8. The minimum absolute atomic E-state index is 0.123. The van der Waals surface area contributed by atoms with Crippen LogP contribution in [0.2, 0.25) is 0 Å². The summed E-state index contributed by atoms with van der Waals surface area (Å²) in [5.41, 5.74) is 3.19. The van der Waals surface area contributed by atoms with Crippen molar-refractivity contribution in [2.24, 2.45) is 0 Å². The van der Waals surface area contributed by atoms with Crippen LogP contribution < -0.4 is 25.0 Å². The zero-order chi connectivity index (χ0) is 28.9. The van der Waals surface area contributed by atoms with Crippen LogP contribution in [0, 0.1) is 11.3 Å². The van der Waals surface area contributed by atoms with Gasteiger partial charge in [0.25, 0.3) is 11.8 Å². The Morgan fingerprint density at radius 1 is 0.929 bits per heavy atom. The summed E-state index contributed by atoms with van der Waals surface area (Å²) in [5.74, 6) is 1.35. The number of amides is 2. The third-order valence-electron chi connectivity index (χ3n) is 7.28. The average molecular weight is 561 g/mol. The fourth-order valence-corrected chi connectivity index (χ4v) is 5.08. The fourth-order valence-electron chi connectivity index (χ4n) is 5.08. The van der Waals surface area contributed by atoms with Crippen LogP contribution in [0.1, 0.15) is 28.0 Å². The number of rotatable bonds is 1. The summed E-state index contributed by atoms with van der Waals surface area (Å²) in [7, 11) is 0. The Kier molecular flexibility index (Phi) is 7.64. The van der Waals surface area contributed by atoms with Crippen LogP contribution in [0.25, 0.3) is 11.1 Å². The number of anilines is 1. The molecule has 2 N–H and O–H groups in total. The van der Waals surface area contributed by atoms with Gasteiger partial charge in [-0.25, -0.2) is 4.98 Å². The Morgan fingerprint density at radius 3 is 2.62 bits per heavy atom. The van der Waals surface area contributed by atoms with E-state index in [9.17, 15) is 14.9 Å². The maximum Gasteiger partial charge on any atom is 0.258 e. The van der Waals surface area contributed by atoms with Crippen molar-refractivity contribution in [2.45, 2.75) is 25.1 Å². The summed E-state index contributed by atoms with van der Waals surface area (Å²) in [4.78, 5) is 36.8. The van der Waals surface area contributed by atoms with Crippen LogP contribution in [0.15, 0.2) is 85.2 Å². The number of benzene rings is 2. The van der Waals surface area contributed by atoms with E-state index in [2.05, 4.69) is 31.6 Å². The molecular formula is C32H28N6O4. The van der Waals surface area contributed by atoms with Crippen molar-refractivity contribution in [3.05, 3.63) is 102 Å². The van der Waals surface area contributed by atoms with Gasteiger partial charge in [0, 0.05) is 44.0 Å². The van der Waals surface area contributed by atoms with Gasteiger partial charge in [-0.15, -0.1) is 0 Å². The third-order valence-corrected chi connectivity index (χ3v) is 7.28. The molecule has 3 aliphatic heterocycles. The molecule has 1 fully saturated rings. The zero-order valence-corrected chi connectivity index (χ0v) is 22.7. The Morgan fingerprint density at radius 2 is 1.76 bits per heavy atom. The minimum atomic E-state index is -0.385. The van der Waals surface area contributed by atoms with E-state index in [1.54, 1.807) is 30.5 Å². The largest absolute Gasteiger partial charge is 0.488 e. The summed E-state index contributed by atoms with van der Waals surface area (Å²) < 4.78 is 12.1. The zero-order valence-electron chi connectivity index (χ0n) is 22.7. The van der Waals surface area contributed by atoms with E-state index >= 15 is 0 Å². The van der Waals surface area contributed by atoms with Gasteiger partial charge in [-0.05, 0) is 53.6 Å². The summed E-state index contributed by atoms with van der Waals surface area (Å²) in [6.07, 6.45) is 3.51. The van der Waals surface area contributed by atoms with Crippen LogP contribution in [0.3, 0.4) is 0 Å². The smallest absolute Gasteiger partial charge is 0.258 e. The number of nitrogens with zero attached hydrogens (tertiary/aromatic N) is 4. The number of nitrogens with one attached hydrogen (secondary N) is 2. The highest BCUT2D eigenvalue weighted by molar-refractivity contribution is 5.95. The molecule has 10 nitrogen and oxygen atoms in total. The monoisotopic (exact) mass is 560 g/mol. The van der Waals surface area contributed by atoms with Gasteiger partial charge in [-0.3, -0.25) is 14.6 Å². The predicted molar refractivity (Wildman–Crippen MR) is 155 cm³/mol. The molecule has 210 valence electrons. The topological polar surface area (TPSA) is 129 Å². The Balaban J connectivity index is 1.32. The summed E-state index contributed by atoms with van der Waals surface area (Å²) in [5, 5.41) is 15.4. The van der Waals surface area contributed by atoms with Crippen LogP contribution in [-0.4, -0.2) is 53.6 Å². The van der Waals surface area contributed by atoms with Gasteiger partial charge in [0.15, 0.2) is 6.61 Å². The molecule has 42 heavy (non-hydrogen) atoms. The van der Waals surface area contributed by atoms with E-state index in [1.807, 2.05) is 48.5 Å². The standard InChI is InChI=1S/C32H28N6O4/c33-15-25-4-2-6-30(36-25)38-12-11-29-28(19-38)37-32(40)24-13-23(17-34-18-24)22-3-1-5-27(14-22)41-20-31(39)35-16-21-7-9-26(42-29)10-8-21/h1-10,13-14,17-18,28-29H,11-12,16,19-20H2,(H,35,39)(H,37,40)/t28-,29+/m1/s1. The van der Waals surface area contributed by atoms with Crippen molar-refractivity contribution in [3.8, 4) is 28.7 Å². The van der Waals surface area contributed by atoms with Gasteiger partial charge in [-0.1, -0.05) is 30.3 Å². The third kappa shape index (κ3) is 6.15. The number of carbonyl (C=O) groups excluding carboxylic acids is 2. The van der Waals surface area contributed by atoms with Gasteiger partial charge in [0.1, 0.15) is 35.2 Å². The van der Waals surface area contributed by atoms with Gasteiger partial charge < -0.3 is 25.0 Å². The van der Waals surface area contributed by atoms with E-state index in [1.165, 1.54) is 6.20 Å². The molecule has 2 aromatic carbocycles. The van der Waals surface area contributed by atoms with Crippen LogP contribution in [0.4, 0.5) is 5.82 Å². The van der Waals surface area contributed by atoms with E-state index in [4.69, 9.17) is 9.47 Å². The second-order valence-electron chi connectivity index (χ2n) is 10.2. The van der Waals surface area contributed by atoms with Crippen LogP contribution in [0.5, 0.6) is 11.5 Å². The molecule has 0 unspecified atom stereocenters. The van der Waals surface area contributed by atoms with Crippen molar-refractivity contribution in [2.75, 3.05) is 24.6 Å². The lowest BCUT2D eigenvalue weighted by atomic mass is 10.0. The first-order valence-corrected chi connectivity index (χ1v) is 13.7. The van der Waals surface area contributed by atoms with E-state index in [0.717, 1.165) is 16.7 Å². The molecule has 2 amide bonds. The molecule has 0 spiro atoms. The van der Waals surface area contributed by atoms with Crippen LogP contribution >= 0.6 is 0 Å². The maximum absolute atomic E-state index is 13.6. The number of carbonyl (C=O) groups is 2. The molecule has 0 aliphatic carbocycles. The molecule has 2 atom stereocenters. The highest BCUT2D eigenvalue weighted by atomic mass is 16.5. The molecule has 3 aliphatic rings. The molecule has 0 radical (unpaired) electrons. The normalized spacial score (nSPS) is 18.8. The summed E-state index contributed by atoms with van der Waals surface area (Å²) in [6, 6.07) is 23.6. The summed E-state index contributed by atoms with van der Waals surface area (Å²) in [6.45, 7) is 1.31. The van der Waals surface area contributed by atoms with Gasteiger partial charge in [0.05, 0.1) is 11.6 Å². The lowest BCUT2D eigenvalue weighted by Gasteiger charge is -2.39. The second kappa shape index (κ2) is 12.0. The highest BCUT2D eigenvalue weighted by Gasteiger charge is 2.33. The average Bonchev–Trinajstić information content (AvgIpc) is 3.04. The number of ether oxygens (including phenoxy) is 2. The Hall–Kier alpha value is -5.43. The van der Waals surface area contributed by atoms with Crippen molar-refractivity contribution in [1.82, 2.24) is 20.6 Å². The van der Waals surface area contributed by atoms with E-state index in [0.29, 0.717) is 54.6 Å². The number of pyridine rings is 2. The maximum atomic E-state index is 13.6. The van der Waals surface area contributed by atoms with Crippen molar-refractivity contribution in [3.63, 3.8) is 0 Å². The van der Waals surface area contributed by atoms with Crippen LogP contribution in [-0.2, 0) is 11.3 Å². The first kappa shape index (κ1) is 26.8. The number of fused-ring (bicyclic) bond motifs is 7. The first-order chi connectivity index (χ1) is 20.5. The number of aromatic nitrogens is 2. The van der Waals surface area contributed by atoms with E-state index in [-0.39, 0.29) is 30.6 Å². The molecule has 10 heteroatoms. The van der Waals surface area contributed by atoms with Gasteiger partial charge >= 0.3 is 0 Å². The predicted octanol–water partition coefficient (Wildman–Crippen LogP) is 3.48. The number of piperidine rings is 1. The molecule has 4 aromatic rings. The number of hydrogen-bond donors (Lipinski definition) is 2. The molecule has 5 heterocycles. The second-order valence-corrected chi connectivity index (χ2v) is 10.2. The van der Waals surface area contributed by atoms with E-state index < -0.39 is 0 Å². The lowest BCUT2D eigenvalue weighted by Crippen LogP contribution is -2.57. The van der Waals surface area contributed by atoms with Gasteiger partial charge in [0.2, 0.25) is 0 Å². The SMILES string of the molecule is N#Cc1cccc(N2CC[C@@H]3Oc4ccc(cc4)CNC(=O)COc4cccc(c4)-c4cncc(c4)C(=O)N[C@@H]3C2)n1. The van der Waals surface area contributed by atoms with Crippen molar-refractivity contribution < 1.29 is 19.1 Å². The molecule has 0 saturated carbocycles. The van der Waals surface area contributed by atoms with Crippen molar-refractivity contribution >= 4 is 17.6 Å². The Bertz CT molecular complexity index is 1650. The molecular weight excluding hydrogens is 532 g/mol. The number of nitriles is 1. The highest BCUT2D eigenvalue weighted by Crippen LogP contribution is 2.26. The Labute approximate surface area is 242 Å².